The van der Waals surface area contributed by atoms with Crippen LogP contribution in [0.5, 0.6) is 0 Å². The Morgan fingerprint density at radius 1 is 1.04 bits per heavy atom. The molecule has 0 saturated heterocycles. The molecule has 0 spiro atoms. The van der Waals surface area contributed by atoms with Gasteiger partial charge >= 0.3 is 6.18 Å². The number of alkyl halides is 3. The van der Waals surface area contributed by atoms with E-state index in [2.05, 4.69) is 5.32 Å². The maximum atomic E-state index is 12.6. The zero-order chi connectivity index (χ0) is 18.7. The number of hydrogen-bond acceptors (Lipinski definition) is 3. The minimum Gasteiger partial charge on any atom is -0.352 e. The average molecular weight is 372 g/mol. The first-order chi connectivity index (χ1) is 11.6. The maximum absolute atomic E-state index is 12.6. The van der Waals surface area contributed by atoms with E-state index in [1.807, 2.05) is 0 Å². The first kappa shape index (κ1) is 18.9. The molecule has 2 rings (SSSR count). The molecule has 3 N–H and O–H groups in total. The van der Waals surface area contributed by atoms with Crippen molar-refractivity contribution in [3.05, 3.63) is 65.2 Å². The van der Waals surface area contributed by atoms with Crippen LogP contribution in [0.1, 0.15) is 16.7 Å². The Morgan fingerprint density at radius 3 is 2.24 bits per heavy atom. The molecule has 0 radical (unpaired) electrons. The second-order valence-corrected chi connectivity index (χ2v) is 6.90. The lowest BCUT2D eigenvalue weighted by Gasteiger charge is -2.09. The van der Waals surface area contributed by atoms with Crippen molar-refractivity contribution in [2.45, 2.75) is 24.0 Å². The monoisotopic (exact) mass is 372 g/mol. The summed E-state index contributed by atoms with van der Waals surface area (Å²) in [6, 6.07) is 10.2. The molecule has 0 aliphatic rings. The minimum atomic E-state index is -4.46. The highest BCUT2D eigenvalue weighted by molar-refractivity contribution is 7.89. The molecule has 5 nitrogen and oxygen atoms in total. The number of nitrogens with one attached hydrogen (secondary N) is 1. The quantitative estimate of drug-likeness (QED) is 0.843. The van der Waals surface area contributed by atoms with Crippen molar-refractivity contribution in [2.75, 3.05) is 0 Å². The van der Waals surface area contributed by atoms with Gasteiger partial charge in [0.2, 0.25) is 15.9 Å². The van der Waals surface area contributed by atoms with E-state index in [1.165, 1.54) is 36.4 Å². The third kappa shape index (κ3) is 5.57. The van der Waals surface area contributed by atoms with Crippen molar-refractivity contribution in [3.63, 3.8) is 0 Å². The molecule has 0 heterocycles. The van der Waals surface area contributed by atoms with Crippen LogP contribution in [0.2, 0.25) is 0 Å². The van der Waals surface area contributed by atoms with Crippen molar-refractivity contribution in [1.82, 2.24) is 5.32 Å². The molecule has 0 saturated carbocycles. The Labute approximate surface area is 142 Å². The lowest BCUT2D eigenvalue weighted by atomic mass is 10.1. The summed E-state index contributed by atoms with van der Waals surface area (Å²) in [5, 5.41) is 7.54. The van der Waals surface area contributed by atoms with E-state index in [0.29, 0.717) is 5.56 Å². The third-order valence-corrected chi connectivity index (χ3v) is 4.29. The number of nitrogens with two attached hydrogens (primary N) is 1. The second-order valence-electron chi connectivity index (χ2n) is 5.34. The van der Waals surface area contributed by atoms with Gasteiger partial charge in [0.1, 0.15) is 0 Å². The van der Waals surface area contributed by atoms with Crippen LogP contribution in [0, 0.1) is 0 Å². The first-order valence-electron chi connectivity index (χ1n) is 7.10. The lowest BCUT2D eigenvalue weighted by Crippen LogP contribution is -2.24. The molecule has 0 aliphatic heterocycles. The topological polar surface area (TPSA) is 89.3 Å². The van der Waals surface area contributed by atoms with E-state index in [9.17, 15) is 26.4 Å². The van der Waals surface area contributed by atoms with Gasteiger partial charge in [0.05, 0.1) is 16.9 Å². The van der Waals surface area contributed by atoms with Gasteiger partial charge < -0.3 is 5.32 Å². The summed E-state index contributed by atoms with van der Waals surface area (Å²) >= 11 is 0. The van der Waals surface area contributed by atoms with Gasteiger partial charge in [0.25, 0.3) is 0 Å². The van der Waals surface area contributed by atoms with Crippen LogP contribution in [0.3, 0.4) is 0 Å². The van der Waals surface area contributed by atoms with Gasteiger partial charge in [0, 0.05) is 6.54 Å². The number of carbonyl (C=O) groups is 1. The highest BCUT2D eigenvalue weighted by Crippen LogP contribution is 2.29. The zero-order valence-corrected chi connectivity index (χ0v) is 13.7. The Kier molecular flexibility index (Phi) is 5.48. The number of hydrogen-bond donors (Lipinski definition) is 2. The van der Waals surface area contributed by atoms with Gasteiger partial charge in [-0.05, 0) is 29.3 Å². The molecule has 25 heavy (non-hydrogen) atoms. The lowest BCUT2D eigenvalue weighted by molar-refractivity contribution is -0.137. The highest BCUT2D eigenvalue weighted by atomic mass is 32.2. The summed E-state index contributed by atoms with van der Waals surface area (Å²) in [7, 11) is -3.79. The highest BCUT2D eigenvalue weighted by Gasteiger charge is 2.30. The van der Waals surface area contributed by atoms with Crippen LogP contribution in [0.25, 0.3) is 0 Å². The zero-order valence-electron chi connectivity index (χ0n) is 12.9. The molecule has 0 aromatic heterocycles. The maximum Gasteiger partial charge on any atom is 0.416 e. The molecule has 0 aliphatic carbocycles. The Balaban J connectivity index is 1.95. The standard InChI is InChI=1S/C16H15F3N2O3S/c17-16(18,19)13-3-1-2-12(8-13)9-15(22)21-10-11-4-6-14(7-5-11)25(20,23)24/h1-8H,9-10H2,(H,21,22)(H2,20,23,24). The molecule has 0 unspecified atom stereocenters. The number of halogens is 3. The van der Waals surface area contributed by atoms with Gasteiger partial charge in [0.15, 0.2) is 0 Å². The van der Waals surface area contributed by atoms with Gasteiger partial charge in [-0.2, -0.15) is 13.2 Å². The van der Waals surface area contributed by atoms with Gasteiger partial charge in [-0.1, -0.05) is 30.3 Å². The van der Waals surface area contributed by atoms with E-state index in [1.54, 1.807) is 0 Å². The number of carbonyl (C=O) groups excluding carboxylic acids is 1. The predicted molar refractivity (Wildman–Crippen MR) is 84.8 cm³/mol. The van der Waals surface area contributed by atoms with Crippen molar-refractivity contribution >= 4 is 15.9 Å². The van der Waals surface area contributed by atoms with Crippen LogP contribution in [0.15, 0.2) is 53.4 Å². The Morgan fingerprint density at radius 2 is 1.68 bits per heavy atom. The van der Waals surface area contributed by atoms with Gasteiger partial charge in [-0.15, -0.1) is 0 Å². The average Bonchev–Trinajstić information content (AvgIpc) is 2.52. The third-order valence-electron chi connectivity index (χ3n) is 3.36. The summed E-state index contributed by atoms with van der Waals surface area (Å²) in [6.45, 7) is 0.114. The van der Waals surface area contributed by atoms with Crippen LogP contribution in [0.4, 0.5) is 13.2 Å². The van der Waals surface area contributed by atoms with E-state index in [0.717, 1.165) is 12.1 Å². The van der Waals surface area contributed by atoms with Crippen molar-refractivity contribution in [3.8, 4) is 0 Å². The summed E-state index contributed by atoms with van der Waals surface area (Å²) < 4.78 is 60.2. The van der Waals surface area contributed by atoms with E-state index < -0.39 is 27.7 Å². The largest absolute Gasteiger partial charge is 0.416 e. The van der Waals surface area contributed by atoms with Crippen LogP contribution < -0.4 is 10.5 Å². The van der Waals surface area contributed by atoms with Gasteiger partial charge in [-0.3, -0.25) is 4.79 Å². The fraction of sp³-hybridized carbons (Fsp3) is 0.188. The first-order valence-corrected chi connectivity index (χ1v) is 8.65. The van der Waals surface area contributed by atoms with Crippen molar-refractivity contribution < 1.29 is 26.4 Å². The molecular formula is C16H15F3N2O3S. The molecule has 0 fully saturated rings. The second kappa shape index (κ2) is 7.24. The fourth-order valence-electron chi connectivity index (χ4n) is 2.10. The molecule has 0 bridgehead atoms. The normalized spacial score (nSPS) is 12.0. The van der Waals surface area contributed by atoms with Crippen LogP contribution >= 0.6 is 0 Å². The van der Waals surface area contributed by atoms with Crippen LogP contribution in [-0.4, -0.2) is 14.3 Å². The van der Waals surface area contributed by atoms with E-state index in [-0.39, 0.29) is 23.4 Å². The SMILES string of the molecule is NS(=O)(=O)c1ccc(CNC(=O)Cc2cccc(C(F)(F)F)c2)cc1. The molecular weight excluding hydrogens is 357 g/mol. The number of sulfonamides is 1. The summed E-state index contributed by atoms with van der Waals surface area (Å²) in [4.78, 5) is 11.8. The molecule has 9 heteroatoms. The predicted octanol–water partition coefficient (Wildman–Crippen LogP) is 2.21. The molecule has 2 aromatic carbocycles. The van der Waals surface area contributed by atoms with Crippen LogP contribution in [-0.2, 0) is 34.0 Å². The van der Waals surface area contributed by atoms with Crippen molar-refractivity contribution in [2.24, 2.45) is 5.14 Å². The summed E-state index contributed by atoms with van der Waals surface area (Å²) in [6.07, 6.45) is -4.66. The molecule has 134 valence electrons. The number of primary sulfonamides is 1. The Bertz CT molecular complexity index is 863. The van der Waals surface area contributed by atoms with E-state index >= 15 is 0 Å². The number of benzene rings is 2. The number of amides is 1. The molecule has 2 aromatic rings. The summed E-state index contributed by atoms with van der Waals surface area (Å²) in [5.41, 5.74) is 0.0677. The fourth-order valence-corrected chi connectivity index (χ4v) is 2.62. The minimum absolute atomic E-state index is 0.0495. The summed E-state index contributed by atoms with van der Waals surface area (Å²) in [5.74, 6) is -0.449. The molecule has 0 atom stereocenters. The van der Waals surface area contributed by atoms with Gasteiger partial charge in [-0.25, -0.2) is 13.6 Å². The smallest absolute Gasteiger partial charge is 0.352 e. The number of rotatable bonds is 5. The van der Waals surface area contributed by atoms with Crippen molar-refractivity contribution in [1.29, 1.82) is 0 Å². The molecule has 1 amide bonds. The van der Waals surface area contributed by atoms with E-state index in [4.69, 9.17) is 5.14 Å². The Hall–Kier alpha value is -2.39.